The quantitative estimate of drug-likeness (QED) is 0.572. The van der Waals surface area contributed by atoms with Gasteiger partial charge in [-0.3, -0.25) is 9.20 Å². The number of aromatic amines is 1. The Labute approximate surface area is 137 Å². The summed E-state index contributed by atoms with van der Waals surface area (Å²) in [4.78, 5) is 23.7. The van der Waals surface area contributed by atoms with Crippen molar-refractivity contribution >= 4 is 34.0 Å². The third-order valence-electron chi connectivity index (χ3n) is 3.15. The van der Waals surface area contributed by atoms with E-state index in [0.29, 0.717) is 16.5 Å². The molecule has 1 aromatic carbocycles. The van der Waals surface area contributed by atoms with E-state index in [1.165, 1.54) is 0 Å². The van der Waals surface area contributed by atoms with E-state index in [4.69, 9.17) is 0 Å². The maximum absolute atomic E-state index is 12.2. The third-order valence-corrected chi connectivity index (χ3v) is 3.90. The molecule has 0 unspecified atom stereocenters. The maximum atomic E-state index is 12.2. The minimum Gasteiger partial charge on any atom is -0.335 e. The smallest absolute Gasteiger partial charge is 0.276 e. The number of aromatic nitrogens is 3. The predicted octanol–water partition coefficient (Wildman–Crippen LogP) is 3.18. The molecule has 0 saturated carbocycles. The number of anilines is 1. The molecule has 23 heavy (non-hydrogen) atoms. The fourth-order valence-corrected chi connectivity index (χ4v) is 2.82. The fourth-order valence-electron chi connectivity index (χ4n) is 2.20. The van der Waals surface area contributed by atoms with Crippen LogP contribution in [0.1, 0.15) is 12.6 Å². The molecule has 3 rings (SSSR count). The van der Waals surface area contributed by atoms with Crippen LogP contribution in [0, 0.1) is 6.92 Å². The number of benzene rings is 1. The van der Waals surface area contributed by atoms with E-state index < -0.39 is 0 Å². The third kappa shape index (κ3) is 3.45. The number of imidazole rings is 1. The molecule has 0 spiro atoms. The Morgan fingerprint density at radius 3 is 2.91 bits per heavy atom. The van der Waals surface area contributed by atoms with Crippen molar-refractivity contribution in [2.45, 2.75) is 13.8 Å². The topological polar surface area (TPSA) is 74.5 Å². The number of para-hydroxylation sites is 1. The van der Waals surface area contributed by atoms with Crippen LogP contribution in [-0.4, -0.2) is 25.3 Å². The second kappa shape index (κ2) is 6.70. The van der Waals surface area contributed by atoms with Gasteiger partial charge < -0.3 is 10.3 Å². The second-order valence-corrected chi connectivity index (χ2v) is 6.18. The highest BCUT2D eigenvalue weighted by atomic mass is 32.2. The van der Waals surface area contributed by atoms with Crippen molar-refractivity contribution < 1.29 is 0 Å². The summed E-state index contributed by atoms with van der Waals surface area (Å²) < 4.78 is 1.70. The molecule has 0 atom stereocenters. The second-order valence-electron chi connectivity index (χ2n) is 4.93. The molecule has 2 heterocycles. The normalized spacial score (nSPS) is 11.8. The Bertz CT molecular complexity index is 898. The molecule has 0 aliphatic heterocycles. The van der Waals surface area contributed by atoms with Crippen LogP contribution >= 0.6 is 11.8 Å². The van der Waals surface area contributed by atoms with Crippen molar-refractivity contribution in [3.63, 3.8) is 0 Å². The maximum Gasteiger partial charge on any atom is 0.276 e. The zero-order chi connectivity index (χ0) is 16.2. The first-order valence-corrected chi connectivity index (χ1v) is 8.26. The highest BCUT2D eigenvalue weighted by Gasteiger charge is 2.10. The number of hydrogen-bond acceptors (Lipinski definition) is 4. The van der Waals surface area contributed by atoms with Crippen LogP contribution in [0.15, 0.2) is 52.6 Å². The molecule has 0 saturated heterocycles. The van der Waals surface area contributed by atoms with E-state index in [2.05, 4.69) is 20.3 Å². The highest BCUT2D eigenvalue weighted by Crippen LogP contribution is 2.19. The van der Waals surface area contributed by atoms with Crippen LogP contribution in [0.3, 0.4) is 0 Å². The molecule has 7 heteroatoms. The van der Waals surface area contributed by atoms with Gasteiger partial charge in [0.15, 0.2) is 16.5 Å². The summed E-state index contributed by atoms with van der Waals surface area (Å²) in [6, 6.07) is 9.80. The summed E-state index contributed by atoms with van der Waals surface area (Å²) in [5.41, 5.74) is 1.97. The van der Waals surface area contributed by atoms with Crippen molar-refractivity contribution in [3.05, 3.63) is 58.9 Å². The van der Waals surface area contributed by atoms with E-state index in [0.717, 1.165) is 17.1 Å². The van der Waals surface area contributed by atoms with Gasteiger partial charge in [0.25, 0.3) is 5.56 Å². The van der Waals surface area contributed by atoms with Crippen LogP contribution in [-0.2, 0) is 0 Å². The number of H-pyrrole nitrogens is 1. The summed E-state index contributed by atoms with van der Waals surface area (Å²) in [5, 5.41) is 3.97. The molecule has 118 valence electrons. The number of amidine groups is 1. The predicted molar refractivity (Wildman–Crippen MR) is 95.8 cm³/mol. The lowest BCUT2D eigenvalue weighted by molar-refractivity contribution is 1.04. The van der Waals surface area contributed by atoms with Crippen LogP contribution in [0.2, 0.25) is 0 Å². The molecule has 6 nitrogen and oxygen atoms in total. The molecule has 0 bridgehead atoms. The Hall–Kier alpha value is -2.54. The van der Waals surface area contributed by atoms with Gasteiger partial charge in [-0.05, 0) is 24.8 Å². The average molecular weight is 327 g/mol. The summed E-state index contributed by atoms with van der Waals surface area (Å²) in [6.07, 6.45) is 3.42. The minimum atomic E-state index is -0.193. The molecule has 2 aromatic heterocycles. The summed E-state index contributed by atoms with van der Waals surface area (Å²) in [7, 11) is 0. The lowest BCUT2D eigenvalue weighted by atomic mass is 10.3. The van der Waals surface area contributed by atoms with E-state index >= 15 is 0 Å². The van der Waals surface area contributed by atoms with Crippen molar-refractivity contribution in [2.75, 3.05) is 11.1 Å². The van der Waals surface area contributed by atoms with Gasteiger partial charge in [-0.1, -0.05) is 36.9 Å². The number of fused-ring (bicyclic) bond motifs is 1. The summed E-state index contributed by atoms with van der Waals surface area (Å²) in [6.45, 7) is 3.88. The molecule has 3 aromatic rings. The molecule has 2 N–H and O–H groups in total. The molecule has 0 aliphatic rings. The monoisotopic (exact) mass is 327 g/mol. The lowest BCUT2D eigenvalue weighted by Gasteiger charge is -2.07. The van der Waals surface area contributed by atoms with Gasteiger partial charge in [-0.2, -0.15) is 0 Å². The molecule has 0 fully saturated rings. The highest BCUT2D eigenvalue weighted by molar-refractivity contribution is 8.14. The molecule has 0 radical (unpaired) electrons. The van der Waals surface area contributed by atoms with Crippen LogP contribution in [0.5, 0.6) is 0 Å². The Balaban J connectivity index is 2.01. The number of aryl methyl sites for hydroxylation is 1. The van der Waals surface area contributed by atoms with Crippen LogP contribution < -0.4 is 10.9 Å². The number of thioether (sulfide) groups is 1. The van der Waals surface area contributed by atoms with Crippen LogP contribution in [0.4, 0.5) is 11.5 Å². The fraction of sp³-hybridized carbons (Fsp3) is 0.188. The Morgan fingerprint density at radius 1 is 1.39 bits per heavy atom. The largest absolute Gasteiger partial charge is 0.335 e. The van der Waals surface area contributed by atoms with Gasteiger partial charge in [0.2, 0.25) is 0 Å². The standard InChI is InChI=1S/C16H17N5OS/c1-3-23-16(19-12-7-5-4-6-8-12)20-14-13-15(22)18-11(2)9-21(13)10-17-14/h4-10H,3H2,1-2H3,(H,18,22)(H,19,20). The van der Waals surface area contributed by atoms with Crippen molar-refractivity contribution in [1.29, 1.82) is 0 Å². The number of rotatable bonds is 3. The molecular formula is C16H17N5OS. The molecule has 0 amide bonds. The first-order valence-electron chi connectivity index (χ1n) is 7.27. The molecule has 0 aliphatic carbocycles. The number of nitrogens with zero attached hydrogens (tertiary/aromatic N) is 3. The van der Waals surface area contributed by atoms with Crippen molar-refractivity contribution in [1.82, 2.24) is 14.4 Å². The van der Waals surface area contributed by atoms with Crippen molar-refractivity contribution in [2.24, 2.45) is 4.99 Å². The van der Waals surface area contributed by atoms with E-state index in [1.807, 2.05) is 50.4 Å². The molecular weight excluding hydrogens is 310 g/mol. The van der Waals surface area contributed by atoms with E-state index in [-0.39, 0.29) is 5.56 Å². The van der Waals surface area contributed by atoms with Gasteiger partial charge >= 0.3 is 0 Å². The van der Waals surface area contributed by atoms with Gasteiger partial charge in [0, 0.05) is 17.6 Å². The average Bonchev–Trinajstić information content (AvgIpc) is 2.91. The Morgan fingerprint density at radius 2 is 2.17 bits per heavy atom. The minimum absolute atomic E-state index is 0.193. The SMILES string of the molecule is CCSC(=Nc1ncn2cc(C)[nH]c(=O)c12)Nc1ccccc1. The van der Waals surface area contributed by atoms with Gasteiger partial charge in [0.05, 0.1) is 0 Å². The first-order chi connectivity index (χ1) is 11.2. The number of aliphatic imine (C=N–C) groups is 1. The summed E-state index contributed by atoms with van der Waals surface area (Å²) >= 11 is 1.56. The Kier molecular flexibility index (Phi) is 4.47. The summed E-state index contributed by atoms with van der Waals surface area (Å²) in [5.74, 6) is 1.27. The van der Waals surface area contributed by atoms with Crippen molar-refractivity contribution in [3.8, 4) is 0 Å². The zero-order valence-corrected chi connectivity index (χ0v) is 13.7. The van der Waals surface area contributed by atoms with E-state index in [1.54, 1.807) is 22.5 Å². The first kappa shape index (κ1) is 15.4. The zero-order valence-electron chi connectivity index (χ0n) is 12.9. The number of nitrogens with one attached hydrogen (secondary N) is 2. The van der Waals surface area contributed by atoms with Gasteiger partial charge in [-0.25, -0.2) is 9.98 Å². The van der Waals surface area contributed by atoms with Crippen LogP contribution in [0.25, 0.3) is 5.52 Å². The van der Waals surface area contributed by atoms with Gasteiger partial charge in [-0.15, -0.1) is 0 Å². The van der Waals surface area contributed by atoms with E-state index in [9.17, 15) is 4.79 Å². The van der Waals surface area contributed by atoms with Gasteiger partial charge in [0.1, 0.15) is 6.33 Å². The number of hydrogen-bond donors (Lipinski definition) is 2. The lowest BCUT2D eigenvalue weighted by Crippen LogP contribution is -2.11.